The van der Waals surface area contributed by atoms with Crippen LogP contribution >= 0.6 is 11.6 Å². The lowest BCUT2D eigenvalue weighted by Gasteiger charge is -2.19. The lowest BCUT2D eigenvalue weighted by atomic mass is 9.87. The number of imide groups is 1. The quantitative estimate of drug-likeness (QED) is 0.818. The van der Waals surface area contributed by atoms with Gasteiger partial charge >= 0.3 is 0 Å². The van der Waals surface area contributed by atoms with Crippen LogP contribution in [0, 0.1) is 0 Å². The molecule has 3 rings (SSSR count). The van der Waals surface area contributed by atoms with Crippen LogP contribution in [0.4, 0.5) is 0 Å². The minimum atomic E-state index is -0.427. The molecular weight excluding hydrogens is 364 g/mol. The van der Waals surface area contributed by atoms with E-state index >= 15 is 0 Å². The van der Waals surface area contributed by atoms with Crippen molar-refractivity contribution in [3.63, 3.8) is 0 Å². The van der Waals surface area contributed by atoms with Gasteiger partial charge in [-0.05, 0) is 35.2 Å². The van der Waals surface area contributed by atoms with Gasteiger partial charge in [0, 0.05) is 18.7 Å². The van der Waals surface area contributed by atoms with Gasteiger partial charge in [0.15, 0.2) is 0 Å². The molecule has 1 aliphatic rings. The number of fused-ring (bicyclic) bond motifs is 1. The van der Waals surface area contributed by atoms with E-state index in [1.807, 2.05) is 12.1 Å². The molecule has 0 saturated carbocycles. The van der Waals surface area contributed by atoms with Crippen LogP contribution in [-0.4, -0.2) is 35.7 Å². The number of benzene rings is 2. The van der Waals surface area contributed by atoms with Crippen LogP contribution in [0.1, 0.15) is 57.4 Å². The number of nitrogens with zero attached hydrogens (tertiary/aromatic N) is 1. The average molecular weight is 385 g/mol. The number of hydrogen-bond donors (Lipinski definition) is 1. The van der Waals surface area contributed by atoms with E-state index in [9.17, 15) is 14.4 Å². The third kappa shape index (κ3) is 3.74. The molecule has 0 atom stereocenters. The lowest BCUT2D eigenvalue weighted by molar-refractivity contribution is 0.0650. The van der Waals surface area contributed by atoms with E-state index in [1.54, 1.807) is 30.3 Å². The summed E-state index contributed by atoms with van der Waals surface area (Å²) in [5, 5.41) is 3.01. The number of carbonyl (C=O) groups excluding carboxylic acids is 3. The number of halogens is 1. The van der Waals surface area contributed by atoms with E-state index in [-0.39, 0.29) is 40.9 Å². The molecule has 0 spiro atoms. The second-order valence-corrected chi connectivity index (χ2v) is 7.91. The molecule has 0 aliphatic carbocycles. The van der Waals surface area contributed by atoms with E-state index in [2.05, 4.69) is 26.1 Å². The molecule has 27 heavy (non-hydrogen) atoms. The standard InChI is InChI=1S/C21H21ClN2O3/c1-21(2,3)14-9-7-13(8-10-14)18(25)23-11-12-24-19(26)15-5-4-6-16(22)17(15)20(24)27/h4-10H,11-12H2,1-3H3,(H,23,25). The smallest absolute Gasteiger partial charge is 0.263 e. The van der Waals surface area contributed by atoms with Gasteiger partial charge in [-0.25, -0.2) is 0 Å². The zero-order chi connectivity index (χ0) is 19.8. The minimum absolute atomic E-state index is 0.0156. The molecule has 1 aliphatic heterocycles. The van der Waals surface area contributed by atoms with Crippen LogP contribution in [0.2, 0.25) is 5.02 Å². The highest BCUT2D eigenvalue weighted by Crippen LogP contribution is 2.28. The van der Waals surface area contributed by atoms with Gasteiger partial charge in [0.2, 0.25) is 0 Å². The molecule has 0 radical (unpaired) electrons. The predicted octanol–water partition coefficient (Wildman–Crippen LogP) is 3.66. The first-order valence-corrected chi connectivity index (χ1v) is 9.11. The zero-order valence-corrected chi connectivity index (χ0v) is 16.3. The average Bonchev–Trinajstić information content (AvgIpc) is 2.87. The number of carbonyl (C=O) groups is 3. The van der Waals surface area contributed by atoms with Crippen molar-refractivity contribution < 1.29 is 14.4 Å². The van der Waals surface area contributed by atoms with Gasteiger partial charge in [0.25, 0.3) is 17.7 Å². The Morgan fingerprint density at radius 3 is 2.30 bits per heavy atom. The Hall–Kier alpha value is -2.66. The summed E-state index contributed by atoms with van der Waals surface area (Å²) < 4.78 is 0. The van der Waals surface area contributed by atoms with Crippen LogP contribution in [0.25, 0.3) is 0 Å². The van der Waals surface area contributed by atoms with E-state index in [0.29, 0.717) is 11.1 Å². The van der Waals surface area contributed by atoms with E-state index in [4.69, 9.17) is 11.6 Å². The molecule has 0 unspecified atom stereocenters. The highest BCUT2D eigenvalue weighted by molar-refractivity contribution is 6.37. The molecule has 1 heterocycles. The predicted molar refractivity (Wildman–Crippen MR) is 104 cm³/mol. The van der Waals surface area contributed by atoms with Crippen molar-refractivity contribution in [2.45, 2.75) is 26.2 Å². The molecule has 0 fully saturated rings. The Morgan fingerprint density at radius 1 is 1.04 bits per heavy atom. The number of amides is 3. The molecule has 2 aromatic rings. The largest absolute Gasteiger partial charge is 0.350 e. The zero-order valence-electron chi connectivity index (χ0n) is 15.5. The first-order chi connectivity index (χ1) is 12.7. The Morgan fingerprint density at radius 2 is 1.70 bits per heavy atom. The monoisotopic (exact) mass is 384 g/mol. The van der Waals surface area contributed by atoms with Gasteiger partial charge in [-0.3, -0.25) is 19.3 Å². The van der Waals surface area contributed by atoms with Crippen molar-refractivity contribution >= 4 is 29.3 Å². The SMILES string of the molecule is CC(C)(C)c1ccc(C(=O)NCCN2C(=O)c3cccc(Cl)c3C2=O)cc1. The summed E-state index contributed by atoms with van der Waals surface area (Å²) in [7, 11) is 0. The maximum atomic E-state index is 12.4. The molecule has 5 nitrogen and oxygen atoms in total. The molecular formula is C21H21ClN2O3. The second kappa shape index (κ2) is 7.16. The summed E-state index contributed by atoms with van der Waals surface area (Å²) >= 11 is 6.03. The summed E-state index contributed by atoms with van der Waals surface area (Å²) in [4.78, 5) is 38.2. The molecule has 140 valence electrons. The molecule has 1 N–H and O–H groups in total. The molecule has 0 bridgehead atoms. The number of nitrogens with one attached hydrogen (secondary N) is 1. The Bertz CT molecular complexity index is 914. The van der Waals surface area contributed by atoms with Gasteiger partial charge in [-0.1, -0.05) is 50.6 Å². The maximum Gasteiger partial charge on any atom is 0.263 e. The fraction of sp³-hybridized carbons (Fsp3) is 0.286. The van der Waals surface area contributed by atoms with Crippen molar-refractivity contribution in [2.24, 2.45) is 0 Å². The van der Waals surface area contributed by atoms with Crippen LogP contribution in [0.15, 0.2) is 42.5 Å². The van der Waals surface area contributed by atoms with E-state index in [0.717, 1.165) is 10.5 Å². The van der Waals surface area contributed by atoms with Gasteiger partial charge in [-0.15, -0.1) is 0 Å². The van der Waals surface area contributed by atoms with Crippen LogP contribution < -0.4 is 5.32 Å². The molecule has 0 saturated heterocycles. The summed E-state index contributed by atoms with van der Waals surface area (Å²) in [5.41, 5.74) is 2.22. The normalized spacial score (nSPS) is 13.7. The van der Waals surface area contributed by atoms with Crippen molar-refractivity contribution in [1.29, 1.82) is 0 Å². The Balaban J connectivity index is 1.60. The van der Waals surface area contributed by atoms with Crippen molar-refractivity contribution in [1.82, 2.24) is 10.2 Å². The second-order valence-electron chi connectivity index (χ2n) is 7.51. The number of hydrogen-bond acceptors (Lipinski definition) is 3. The summed E-state index contributed by atoms with van der Waals surface area (Å²) in [6.07, 6.45) is 0. The highest BCUT2D eigenvalue weighted by atomic mass is 35.5. The number of rotatable bonds is 4. The summed E-state index contributed by atoms with van der Waals surface area (Å²) in [6.45, 7) is 6.58. The van der Waals surface area contributed by atoms with E-state index in [1.165, 1.54) is 0 Å². The fourth-order valence-corrected chi connectivity index (χ4v) is 3.26. The Labute approximate surface area is 163 Å². The van der Waals surface area contributed by atoms with Crippen molar-refractivity contribution in [3.8, 4) is 0 Å². The summed E-state index contributed by atoms with van der Waals surface area (Å²) in [5.74, 6) is -1.06. The van der Waals surface area contributed by atoms with Gasteiger partial charge in [0.1, 0.15) is 0 Å². The van der Waals surface area contributed by atoms with E-state index < -0.39 is 5.91 Å². The van der Waals surface area contributed by atoms with Crippen LogP contribution in [0.3, 0.4) is 0 Å². The third-order valence-electron chi connectivity index (χ3n) is 4.58. The van der Waals surface area contributed by atoms with Gasteiger partial charge in [-0.2, -0.15) is 0 Å². The van der Waals surface area contributed by atoms with Crippen molar-refractivity contribution in [2.75, 3.05) is 13.1 Å². The molecule has 0 aromatic heterocycles. The highest BCUT2D eigenvalue weighted by Gasteiger charge is 2.36. The summed E-state index contributed by atoms with van der Waals surface area (Å²) in [6, 6.07) is 12.2. The lowest BCUT2D eigenvalue weighted by Crippen LogP contribution is -2.38. The molecule has 2 aromatic carbocycles. The van der Waals surface area contributed by atoms with Gasteiger partial charge in [0.05, 0.1) is 16.1 Å². The first kappa shape index (κ1) is 19.1. The Kier molecular flexibility index (Phi) is 5.07. The topological polar surface area (TPSA) is 66.5 Å². The van der Waals surface area contributed by atoms with Crippen LogP contribution in [0.5, 0.6) is 0 Å². The first-order valence-electron chi connectivity index (χ1n) is 8.73. The van der Waals surface area contributed by atoms with Crippen molar-refractivity contribution in [3.05, 3.63) is 69.7 Å². The van der Waals surface area contributed by atoms with Gasteiger partial charge < -0.3 is 5.32 Å². The third-order valence-corrected chi connectivity index (χ3v) is 4.90. The fourth-order valence-electron chi connectivity index (χ4n) is 3.00. The minimum Gasteiger partial charge on any atom is -0.350 e. The molecule has 6 heteroatoms. The van der Waals surface area contributed by atoms with Crippen LogP contribution in [-0.2, 0) is 5.41 Å². The maximum absolute atomic E-state index is 12.4. The molecule has 3 amide bonds.